The Morgan fingerprint density at radius 3 is 2.92 bits per heavy atom. The van der Waals surface area contributed by atoms with Crippen LogP contribution in [0.1, 0.15) is 39.0 Å². The first-order chi connectivity index (χ1) is 6.05. The first-order valence-electron chi connectivity index (χ1n) is 5.17. The zero-order valence-electron chi connectivity index (χ0n) is 8.56. The van der Waals surface area contributed by atoms with E-state index in [1.807, 2.05) is 7.05 Å². The van der Waals surface area contributed by atoms with E-state index < -0.39 is 5.60 Å². The van der Waals surface area contributed by atoms with E-state index in [1.165, 1.54) is 12.0 Å². The summed E-state index contributed by atoms with van der Waals surface area (Å²) in [5.41, 5.74) is 1.04. The molecule has 2 heteroatoms. The second kappa shape index (κ2) is 2.82. The summed E-state index contributed by atoms with van der Waals surface area (Å²) < 4.78 is 0. The minimum absolute atomic E-state index is 0.0166. The lowest BCUT2D eigenvalue weighted by Crippen LogP contribution is -2.50. The highest BCUT2D eigenvalue weighted by molar-refractivity contribution is 5.24. The molecule has 2 unspecified atom stereocenters. The predicted molar refractivity (Wildman–Crippen MR) is 53.6 cm³/mol. The zero-order chi connectivity index (χ0) is 9.53. The van der Waals surface area contributed by atoms with E-state index in [2.05, 4.69) is 18.3 Å². The van der Waals surface area contributed by atoms with Crippen LogP contribution in [0, 0.1) is 0 Å². The van der Waals surface area contributed by atoms with E-state index in [9.17, 15) is 5.11 Å². The zero-order valence-corrected chi connectivity index (χ0v) is 8.56. The van der Waals surface area contributed by atoms with E-state index in [0.717, 1.165) is 25.7 Å². The first-order valence-corrected chi connectivity index (χ1v) is 5.17. The molecule has 0 aromatic rings. The molecule has 2 N–H and O–H groups in total. The fraction of sp³-hybridized carbons (Fsp3) is 0.818. The summed E-state index contributed by atoms with van der Waals surface area (Å²) in [6, 6.07) is 0. The maximum absolute atomic E-state index is 10.3. The summed E-state index contributed by atoms with van der Waals surface area (Å²) in [6.07, 6.45) is 7.40. The molecule has 2 aliphatic carbocycles. The molecule has 0 aliphatic heterocycles. The normalized spacial score (nSPS) is 44.4. The van der Waals surface area contributed by atoms with Crippen molar-refractivity contribution in [3.05, 3.63) is 11.6 Å². The molecule has 2 bridgehead atoms. The van der Waals surface area contributed by atoms with Gasteiger partial charge in [0.2, 0.25) is 0 Å². The van der Waals surface area contributed by atoms with Gasteiger partial charge in [-0.15, -0.1) is 0 Å². The fourth-order valence-corrected chi connectivity index (χ4v) is 2.86. The summed E-state index contributed by atoms with van der Waals surface area (Å²) >= 11 is 0. The van der Waals surface area contributed by atoms with E-state index in [0.29, 0.717) is 0 Å². The van der Waals surface area contributed by atoms with Gasteiger partial charge in [-0.2, -0.15) is 0 Å². The van der Waals surface area contributed by atoms with Crippen molar-refractivity contribution < 1.29 is 5.11 Å². The van der Waals surface area contributed by atoms with Crippen molar-refractivity contribution in [2.24, 2.45) is 0 Å². The van der Waals surface area contributed by atoms with Crippen molar-refractivity contribution in [3.8, 4) is 0 Å². The Kier molecular flexibility index (Phi) is 2.00. The third-order valence-electron chi connectivity index (χ3n) is 3.49. The van der Waals surface area contributed by atoms with Crippen LogP contribution < -0.4 is 5.32 Å². The van der Waals surface area contributed by atoms with Crippen molar-refractivity contribution in [2.75, 3.05) is 7.05 Å². The van der Waals surface area contributed by atoms with Gasteiger partial charge in [0.25, 0.3) is 0 Å². The minimum Gasteiger partial charge on any atom is -0.389 e. The maximum Gasteiger partial charge on any atom is 0.0705 e. The summed E-state index contributed by atoms with van der Waals surface area (Å²) in [5.74, 6) is 0. The molecule has 2 nitrogen and oxygen atoms in total. The molecule has 2 aliphatic rings. The lowest BCUT2D eigenvalue weighted by Gasteiger charge is -2.45. The van der Waals surface area contributed by atoms with Crippen molar-refractivity contribution >= 4 is 0 Å². The molecular weight excluding hydrogens is 162 g/mol. The van der Waals surface area contributed by atoms with Gasteiger partial charge in [0.1, 0.15) is 0 Å². The molecule has 0 amide bonds. The van der Waals surface area contributed by atoms with Crippen LogP contribution in [0.2, 0.25) is 0 Å². The average molecular weight is 181 g/mol. The van der Waals surface area contributed by atoms with Gasteiger partial charge >= 0.3 is 0 Å². The summed E-state index contributed by atoms with van der Waals surface area (Å²) in [7, 11) is 1.97. The lowest BCUT2D eigenvalue weighted by molar-refractivity contribution is -0.0126. The largest absolute Gasteiger partial charge is 0.389 e. The highest BCUT2D eigenvalue weighted by Gasteiger charge is 2.41. The van der Waals surface area contributed by atoms with Gasteiger partial charge in [0.15, 0.2) is 0 Å². The number of hydrogen-bond donors (Lipinski definition) is 2. The predicted octanol–water partition coefficient (Wildman–Crippen LogP) is 1.60. The molecule has 0 aromatic carbocycles. The molecule has 1 fully saturated rings. The number of nitrogens with one attached hydrogen (secondary N) is 1. The number of likely N-dealkylation sites (N-methyl/N-ethyl adjacent to an activating group) is 1. The van der Waals surface area contributed by atoms with Gasteiger partial charge < -0.3 is 10.4 Å². The number of hydrogen-bond acceptors (Lipinski definition) is 2. The number of rotatable bonds is 1. The van der Waals surface area contributed by atoms with Crippen LogP contribution in [-0.2, 0) is 0 Å². The Bertz CT molecular complexity index is 248. The molecule has 0 aromatic heterocycles. The number of fused-ring (bicyclic) bond motifs is 2. The van der Waals surface area contributed by atoms with Crippen LogP contribution in [0.5, 0.6) is 0 Å². The second-order valence-electron chi connectivity index (χ2n) is 4.90. The topological polar surface area (TPSA) is 32.3 Å². The van der Waals surface area contributed by atoms with Crippen LogP contribution >= 0.6 is 0 Å². The standard InChI is InChI=1S/C11H19NO/c1-10(12-2)6-9-4-3-5-11(13,7-9)8-10/h6,12-13H,3-5,7-8H2,1-2H3. The Morgan fingerprint density at radius 1 is 1.54 bits per heavy atom. The summed E-state index contributed by atoms with van der Waals surface area (Å²) in [5, 5.41) is 13.6. The Labute approximate surface area is 80.0 Å². The van der Waals surface area contributed by atoms with Crippen molar-refractivity contribution in [1.82, 2.24) is 5.32 Å². The van der Waals surface area contributed by atoms with Gasteiger partial charge in [-0.3, -0.25) is 0 Å². The molecule has 0 spiro atoms. The van der Waals surface area contributed by atoms with E-state index in [-0.39, 0.29) is 5.54 Å². The van der Waals surface area contributed by atoms with Crippen LogP contribution in [0.15, 0.2) is 11.6 Å². The van der Waals surface area contributed by atoms with Gasteiger partial charge in [-0.25, -0.2) is 0 Å². The monoisotopic (exact) mass is 181 g/mol. The molecule has 2 rings (SSSR count). The van der Waals surface area contributed by atoms with Crippen molar-refractivity contribution in [1.29, 1.82) is 0 Å². The van der Waals surface area contributed by atoms with Crippen molar-refractivity contribution in [2.45, 2.75) is 50.2 Å². The first kappa shape index (κ1) is 9.22. The maximum atomic E-state index is 10.3. The average Bonchev–Trinajstić information content (AvgIpc) is 2.01. The van der Waals surface area contributed by atoms with Crippen molar-refractivity contribution in [3.63, 3.8) is 0 Å². The minimum atomic E-state index is -0.417. The Balaban J connectivity index is 2.29. The third kappa shape index (κ3) is 1.65. The van der Waals surface area contributed by atoms with Crippen LogP contribution in [0.25, 0.3) is 0 Å². The highest BCUT2D eigenvalue weighted by atomic mass is 16.3. The second-order valence-corrected chi connectivity index (χ2v) is 4.90. The molecule has 74 valence electrons. The van der Waals surface area contributed by atoms with Gasteiger partial charge in [0.05, 0.1) is 5.60 Å². The SMILES string of the molecule is CNC1(C)C=C2CCCC(O)(C2)C1. The smallest absolute Gasteiger partial charge is 0.0705 e. The van der Waals surface area contributed by atoms with Crippen LogP contribution in [-0.4, -0.2) is 23.3 Å². The summed E-state index contributed by atoms with van der Waals surface area (Å²) in [4.78, 5) is 0. The molecule has 2 atom stereocenters. The molecular formula is C11H19NO. The van der Waals surface area contributed by atoms with Gasteiger partial charge in [-0.1, -0.05) is 11.6 Å². The van der Waals surface area contributed by atoms with E-state index in [4.69, 9.17) is 0 Å². The summed E-state index contributed by atoms with van der Waals surface area (Å²) in [6.45, 7) is 2.17. The van der Waals surface area contributed by atoms with Gasteiger partial charge in [0, 0.05) is 5.54 Å². The fourth-order valence-electron chi connectivity index (χ4n) is 2.86. The Hall–Kier alpha value is -0.340. The third-order valence-corrected chi connectivity index (χ3v) is 3.49. The van der Waals surface area contributed by atoms with E-state index >= 15 is 0 Å². The lowest BCUT2D eigenvalue weighted by atomic mass is 9.69. The molecule has 1 saturated carbocycles. The Morgan fingerprint density at radius 2 is 2.31 bits per heavy atom. The highest BCUT2D eigenvalue weighted by Crippen LogP contribution is 2.42. The van der Waals surface area contributed by atoms with Gasteiger partial charge in [-0.05, 0) is 46.1 Å². The molecule has 13 heavy (non-hydrogen) atoms. The molecule has 0 heterocycles. The van der Waals surface area contributed by atoms with Crippen LogP contribution in [0.3, 0.4) is 0 Å². The van der Waals surface area contributed by atoms with Crippen LogP contribution in [0.4, 0.5) is 0 Å². The molecule has 0 radical (unpaired) electrons. The van der Waals surface area contributed by atoms with E-state index in [1.54, 1.807) is 0 Å². The number of aliphatic hydroxyl groups is 1. The quantitative estimate of drug-likeness (QED) is 0.602. The molecule has 0 saturated heterocycles.